The summed E-state index contributed by atoms with van der Waals surface area (Å²) in [5, 5.41) is 5.67. The van der Waals surface area contributed by atoms with E-state index in [0.717, 1.165) is 5.56 Å². The lowest BCUT2D eigenvalue weighted by Gasteiger charge is -2.33. The van der Waals surface area contributed by atoms with E-state index in [1.807, 2.05) is 0 Å². The number of carbonyl (C=O) groups is 2. The summed E-state index contributed by atoms with van der Waals surface area (Å²) in [6.45, 7) is 0.357. The fourth-order valence-electron chi connectivity index (χ4n) is 4.10. The SMILES string of the molecule is CN(c1ccc(CNC(=O)c2cccc3c2OCC(=O)N3)cc1)C1CCCCC1. The summed E-state index contributed by atoms with van der Waals surface area (Å²) in [6, 6.07) is 14.2. The smallest absolute Gasteiger partial charge is 0.262 e. The molecule has 0 saturated heterocycles. The van der Waals surface area contributed by atoms with Crippen LogP contribution in [0.25, 0.3) is 0 Å². The van der Waals surface area contributed by atoms with Crippen molar-refractivity contribution in [1.82, 2.24) is 5.32 Å². The number of nitrogens with one attached hydrogen (secondary N) is 2. The number of hydrogen-bond donors (Lipinski definition) is 2. The molecule has 152 valence electrons. The van der Waals surface area contributed by atoms with Gasteiger partial charge in [0.2, 0.25) is 0 Å². The molecule has 4 rings (SSSR count). The number of anilines is 2. The van der Waals surface area contributed by atoms with Crippen LogP contribution in [0.2, 0.25) is 0 Å². The van der Waals surface area contributed by atoms with Gasteiger partial charge < -0.3 is 20.3 Å². The van der Waals surface area contributed by atoms with Crippen molar-refractivity contribution in [2.24, 2.45) is 0 Å². The molecule has 1 fully saturated rings. The first kappa shape index (κ1) is 19.3. The Bertz CT molecular complexity index is 889. The van der Waals surface area contributed by atoms with Crippen LogP contribution in [-0.2, 0) is 11.3 Å². The normalized spacial score (nSPS) is 16.4. The molecule has 0 bridgehead atoms. The number of para-hydroxylation sites is 1. The van der Waals surface area contributed by atoms with Gasteiger partial charge in [-0.1, -0.05) is 37.5 Å². The number of amides is 2. The molecule has 2 amide bonds. The Morgan fingerprint density at radius 2 is 1.90 bits per heavy atom. The standard InChI is InChI=1S/C23H27N3O3/c1-26(17-6-3-2-4-7-17)18-12-10-16(11-13-18)14-24-23(28)19-8-5-9-20-22(19)29-15-21(27)25-20/h5,8-13,17H,2-4,6-7,14-15H2,1H3,(H,24,28)(H,25,27). The van der Waals surface area contributed by atoms with Crippen LogP contribution < -0.4 is 20.3 Å². The van der Waals surface area contributed by atoms with Gasteiger partial charge in [-0.3, -0.25) is 9.59 Å². The number of fused-ring (bicyclic) bond motifs is 1. The van der Waals surface area contributed by atoms with Crippen molar-refractivity contribution in [3.63, 3.8) is 0 Å². The predicted molar refractivity (Wildman–Crippen MR) is 113 cm³/mol. The molecule has 2 aromatic rings. The summed E-state index contributed by atoms with van der Waals surface area (Å²) in [5.41, 5.74) is 3.21. The molecule has 1 saturated carbocycles. The molecule has 1 heterocycles. The van der Waals surface area contributed by atoms with Gasteiger partial charge in [0.05, 0.1) is 11.3 Å². The summed E-state index contributed by atoms with van der Waals surface area (Å²) in [7, 11) is 2.17. The number of carbonyl (C=O) groups excluding carboxylic acids is 2. The van der Waals surface area contributed by atoms with Crippen LogP contribution in [0, 0.1) is 0 Å². The van der Waals surface area contributed by atoms with Crippen molar-refractivity contribution in [2.45, 2.75) is 44.7 Å². The Balaban J connectivity index is 1.37. The lowest BCUT2D eigenvalue weighted by atomic mass is 9.94. The Morgan fingerprint density at radius 3 is 2.66 bits per heavy atom. The van der Waals surface area contributed by atoms with Gasteiger partial charge in [-0.2, -0.15) is 0 Å². The molecule has 1 aliphatic heterocycles. The van der Waals surface area contributed by atoms with Crippen LogP contribution >= 0.6 is 0 Å². The maximum Gasteiger partial charge on any atom is 0.262 e. The topological polar surface area (TPSA) is 70.7 Å². The van der Waals surface area contributed by atoms with Gasteiger partial charge >= 0.3 is 0 Å². The Labute approximate surface area is 171 Å². The average molecular weight is 393 g/mol. The van der Waals surface area contributed by atoms with Crippen molar-refractivity contribution in [3.05, 3.63) is 53.6 Å². The van der Waals surface area contributed by atoms with Gasteiger partial charge in [0.25, 0.3) is 11.8 Å². The fourth-order valence-corrected chi connectivity index (χ4v) is 4.10. The van der Waals surface area contributed by atoms with Crippen molar-refractivity contribution >= 4 is 23.2 Å². The molecular weight excluding hydrogens is 366 g/mol. The first-order chi connectivity index (χ1) is 14.1. The maximum absolute atomic E-state index is 12.6. The van der Waals surface area contributed by atoms with Crippen molar-refractivity contribution in [3.8, 4) is 5.75 Å². The third-order valence-corrected chi connectivity index (χ3v) is 5.80. The summed E-state index contributed by atoms with van der Waals surface area (Å²) in [4.78, 5) is 26.5. The summed E-state index contributed by atoms with van der Waals surface area (Å²) in [5.74, 6) is -0.0104. The van der Waals surface area contributed by atoms with E-state index in [2.05, 4.69) is 46.8 Å². The summed E-state index contributed by atoms with van der Waals surface area (Å²) in [6.07, 6.45) is 6.51. The maximum atomic E-state index is 12.6. The first-order valence-electron chi connectivity index (χ1n) is 10.3. The van der Waals surface area contributed by atoms with Crippen LogP contribution in [0.4, 0.5) is 11.4 Å². The van der Waals surface area contributed by atoms with E-state index < -0.39 is 0 Å². The van der Waals surface area contributed by atoms with Crippen molar-refractivity contribution in [2.75, 3.05) is 23.9 Å². The molecule has 6 nitrogen and oxygen atoms in total. The molecular formula is C23H27N3O3. The summed E-state index contributed by atoms with van der Waals surface area (Å²) >= 11 is 0. The molecule has 0 spiro atoms. The monoisotopic (exact) mass is 393 g/mol. The zero-order valence-corrected chi connectivity index (χ0v) is 16.7. The minimum Gasteiger partial charge on any atom is -0.481 e. The van der Waals surface area contributed by atoms with E-state index in [1.165, 1.54) is 37.8 Å². The highest BCUT2D eigenvalue weighted by molar-refractivity contribution is 6.03. The number of hydrogen-bond acceptors (Lipinski definition) is 4. The summed E-state index contributed by atoms with van der Waals surface area (Å²) < 4.78 is 5.46. The van der Waals surface area contributed by atoms with E-state index in [9.17, 15) is 9.59 Å². The average Bonchev–Trinajstić information content (AvgIpc) is 2.77. The highest BCUT2D eigenvalue weighted by Crippen LogP contribution is 2.31. The first-order valence-corrected chi connectivity index (χ1v) is 10.3. The van der Waals surface area contributed by atoms with Crippen molar-refractivity contribution in [1.29, 1.82) is 0 Å². The molecule has 0 aromatic heterocycles. The zero-order chi connectivity index (χ0) is 20.2. The Hall–Kier alpha value is -3.02. The van der Waals surface area contributed by atoms with Crippen LogP contribution in [0.15, 0.2) is 42.5 Å². The van der Waals surface area contributed by atoms with Crippen LogP contribution in [0.1, 0.15) is 48.0 Å². The predicted octanol–water partition coefficient (Wildman–Crippen LogP) is 3.72. The minimum atomic E-state index is -0.221. The third-order valence-electron chi connectivity index (χ3n) is 5.80. The van der Waals surface area contributed by atoms with Gasteiger partial charge in [-0.05, 0) is 42.7 Å². The Kier molecular flexibility index (Phi) is 5.69. The molecule has 0 unspecified atom stereocenters. The van der Waals surface area contributed by atoms with E-state index >= 15 is 0 Å². The molecule has 0 radical (unpaired) electrons. The lowest BCUT2D eigenvalue weighted by Crippen LogP contribution is -2.33. The zero-order valence-electron chi connectivity index (χ0n) is 16.7. The molecule has 0 atom stereocenters. The molecule has 1 aliphatic carbocycles. The third kappa shape index (κ3) is 4.36. The van der Waals surface area contributed by atoms with Gasteiger partial charge in [0.15, 0.2) is 12.4 Å². The van der Waals surface area contributed by atoms with E-state index in [4.69, 9.17) is 4.74 Å². The lowest BCUT2D eigenvalue weighted by molar-refractivity contribution is -0.118. The van der Waals surface area contributed by atoms with Crippen LogP contribution in [0.3, 0.4) is 0 Å². The second-order valence-electron chi connectivity index (χ2n) is 7.77. The number of nitrogens with zero attached hydrogens (tertiary/aromatic N) is 1. The minimum absolute atomic E-state index is 0.0761. The number of rotatable bonds is 5. The molecule has 6 heteroatoms. The Morgan fingerprint density at radius 1 is 1.14 bits per heavy atom. The highest BCUT2D eigenvalue weighted by atomic mass is 16.5. The fraction of sp³-hybridized carbons (Fsp3) is 0.391. The highest BCUT2D eigenvalue weighted by Gasteiger charge is 2.22. The number of benzene rings is 2. The van der Waals surface area contributed by atoms with Gasteiger partial charge in [0.1, 0.15) is 0 Å². The van der Waals surface area contributed by atoms with Gasteiger partial charge in [-0.15, -0.1) is 0 Å². The largest absolute Gasteiger partial charge is 0.481 e. The van der Waals surface area contributed by atoms with E-state index in [1.54, 1.807) is 18.2 Å². The van der Waals surface area contributed by atoms with Crippen molar-refractivity contribution < 1.29 is 14.3 Å². The van der Waals surface area contributed by atoms with E-state index in [-0.39, 0.29) is 18.4 Å². The number of ether oxygens (including phenoxy) is 1. The molecule has 29 heavy (non-hydrogen) atoms. The molecule has 2 N–H and O–H groups in total. The molecule has 2 aromatic carbocycles. The van der Waals surface area contributed by atoms with Gasteiger partial charge in [-0.25, -0.2) is 0 Å². The second kappa shape index (κ2) is 8.55. The van der Waals surface area contributed by atoms with Crippen LogP contribution in [-0.4, -0.2) is 31.5 Å². The second-order valence-corrected chi connectivity index (χ2v) is 7.77. The van der Waals surface area contributed by atoms with Crippen LogP contribution in [0.5, 0.6) is 5.75 Å². The quantitative estimate of drug-likeness (QED) is 0.812. The van der Waals surface area contributed by atoms with Gasteiger partial charge in [0, 0.05) is 25.3 Å². The van der Waals surface area contributed by atoms with E-state index in [0.29, 0.717) is 29.6 Å². The molecule has 2 aliphatic rings.